The molecule has 6 heteroatoms. The molecule has 0 saturated heterocycles. The second-order valence-electron chi connectivity index (χ2n) is 4.39. The average molecular weight is 290 g/mol. The van der Waals surface area contributed by atoms with E-state index in [-0.39, 0.29) is 16.5 Å². The summed E-state index contributed by atoms with van der Waals surface area (Å²) in [4.78, 5) is 22.6. The first kappa shape index (κ1) is 12.7. The van der Waals surface area contributed by atoms with Crippen molar-refractivity contribution in [3.63, 3.8) is 0 Å². The number of benzene rings is 1. The van der Waals surface area contributed by atoms with Crippen LogP contribution in [-0.2, 0) is 0 Å². The smallest absolute Gasteiger partial charge is 0.169 e. The van der Waals surface area contributed by atoms with Crippen molar-refractivity contribution in [3.05, 3.63) is 46.5 Å². The van der Waals surface area contributed by atoms with Crippen LogP contribution < -0.4 is 0 Å². The topological polar surface area (TPSA) is 58.6 Å². The lowest BCUT2D eigenvalue weighted by atomic mass is 10.2. The van der Waals surface area contributed by atoms with Crippen molar-refractivity contribution in [2.75, 3.05) is 0 Å². The van der Waals surface area contributed by atoms with Crippen molar-refractivity contribution in [1.82, 2.24) is 15.0 Å². The van der Waals surface area contributed by atoms with E-state index in [2.05, 4.69) is 15.0 Å². The number of aldehydes is 1. The monoisotopic (exact) mass is 289 g/mol. The molecule has 1 aromatic carbocycles. The van der Waals surface area contributed by atoms with Gasteiger partial charge in [0, 0.05) is 16.6 Å². The Morgan fingerprint density at radius 2 is 2.10 bits per heavy atom. The van der Waals surface area contributed by atoms with Crippen LogP contribution in [0.4, 0.5) is 4.39 Å². The minimum Gasteiger partial charge on any atom is -0.343 e. The summed E-state index contributed by atoms with van der Waals surface area (Å²) in [5, 5.41) is 0.678. The van der Waals surface area contributed by atoms with Gasteiger partial charge in [-0.15, -0.1) is 0 Å². The molecular weight excluding hydrogens is 281 g/mol. The summed E-state index contributed by atoms with van der Waals surface area (Å²) in [6.07, 6.45) is 0.660. The van der Waals surface area contributed by atoms with E-state index in [4.69, 9.17) is 11.6 Å². The predicted molar refractivity (Wildman–Crippen MR) is 74.4 cm³/mol. The van der Waals surface area contributed by atoms with Gasteiger partial charge in [0.25, 0.3) is 0 Å². The predicted octanol–water partition coefficient (Wildman–Crippen LogP) is 3.54. The Balaban J connectivity index is 2.25. The van der Waals surface area contributed by atoms with Gasteiger partial charge in [-0.1, -0.05) is 11.6 Å². The summed E-state index contributed by atoms with van der Waals surface area (Å²) in [5.74, 6) is -0.278. The van der Waals surface area contributed by atoms with Crippen molar-refractivity contribution in [2.24, 2.45) is 0 Å². The Hall–Kier alpha value is -2.27. The van der Waals surface area contributed by atoms with E-state index < -0.39 is 5.82 Å². The highest BCUT2D eigenvalue weighted by Crippen LogP contribution is 2.24. The minimum absolute atomic E-state index is 0.0288. The number of nitrogens with one attached hydrogen (secondary N) is 1. The lowest BCUT2D eigenvalue weighted by molar-refractivity contribution is 0.112. The number of hydrogen-bond acceptors (Lipinski definition) is 3. The molecule has 0 amide bonds. The number of aromatic nitrogens is 3. The summed E-state index contributed by atoms with van der Waals surface area (Å²) in [7, 11) is 0. The van der Waals surface area contributed by atoms with Crippen molar-refractivity contribution in [3.8, 4) is 11.4 Å². The number of aryl methyl sites for hydroxylation is 1. The van der Waals surface area contributed by atoms with E-state index in [9.17, 15) is 9.18 Å². The van der Waals surface area contributed by atoms with Gasteiger partial charge in [-0.2, -0.15) is 0 Å². The number of aromatic amines is 1. The first-order valence-electron chi connectivity index (χ1n) is 5.86. The Morgan fingerprint density at radius 1 is 1.30 bits per heavy atom. The number of hydrogen-bond donors (Lipinski definition) is 1. The van der Waals surface area contributed by atoms with Crippen molar-refractivity contribution < 1.29 is 9.18 Å². The van der Waals surface area contributed by atoms with E-state index >= 15 is 0 Å². The van der Waals surface area contributed by atoms with Crippen LogP contribution in [0.25, 0.3) is 22.4 Å². The van der Waals surface area contributed by atoms with Crippen LogP contribution >= 0.6 is 11.6 Å². The second-order valence-corrected chi connectivity index (χ2v) is 4.80. The second kappa shape index (κ2) is 4.68. The highest BCUT2D eigenvalue weighted by Gasteiger charge is 2.12. The fourth-order valence-corrected chi connectivity index (χ4v) is 2.14. The van der Waals surface area contributed by atoms with Crippen LogP contribution in [-0.4, -0.2) is 21.2 Å². The number of fused-ring (bicyclic) bond motifs is 1. The minimum atomic E-state index is -0.553. The third kappa shape index (κ3) is 2.06. The molecule has 20 heavy (non-hydrogen) atoms. The van der Waals surface area contributed by atoms with Gasteiger partial charge in [-0.05, 0) is 31.2 Å². The molecule has 3 rings (SSSR count). The fourth-order valence-electron chi connectivity index (χ4n) is 2.02. The van der Waals surface area contributed by atoms with E-state index in [0.29, 0.717) is 22.9 Å². The third-order valence-electron chi connectivity index (χ3n) is 2.94. The van der Waals surface area contributed by atoms with Gasteiger partial charge in [0.15, 0.2) is 12.1 Å². The molecule has 2 aromatic heterocycles. The van der Waals surface area contributed by atoms with Crippen LogP contribution in [0.2, 0.25) is 5.02 Å². The molecule has 100 valence electrons. The molecule has 0 spiro atoms. The normalized spacial score (nSPS) is 10.9. The quantitative estimate of drug-likeness (QED) is 0.734. The van der Waals surface area contributed by atoms with Gasteiger partial charge >= 0.3 is 0 Å². The van der Waals surface area contributed by atoms with Crippen LogP contribution in [0.5, 0.6) is 0 Å². The lowest BCUT2D eigenvalue weighted by Crippen LogP contribution is -1.96. The maximum Gasteiger partial charge on any atom is 0.169 e. The first-order valence-corrected chi connectivity index (χ1v) is 6.24. The van der Waals surface area contributed by atoms with E-state index in [0.717, 1.165) is 5.69 Å². The summed E-state index contributed by atoms with van der Waals surface area (Å²) < 4.78 is 13.5. The fraction of sp³-hybridized carbons (Fsp3) is 0.0714. The number of H-pyrrole nitrogens is 1. The molecule has 0 aliphatic rings. The first-order chi connectivity index (χ1) is 9.58. The third-order valence-corrected chi connectivity index (χ3v) is 3.25. The summed E-state index contributed by atoms with van der Waals surface area (Å²) in [6, 6.07) is 6.08. The van der Waals surface area contributed by atoms with Gasteiger partial charge < -0.3 is 4.98 Å². The van der Waals surface area contributed by atoms with E-state index in [1.54, 1.807) is 12.1 Å². The van der Waals surface area contributed by atoms with Gasteiger partial charge in [0.2, 0.25) is 0 Å². The van der Waals surface area contributed by atoms with Gasteiger partial charge in [0.1, 0.15) is 17.2 Å². The Kier molecular flexibility index (Phi) is 2.99. The molecule has 3 aromatic rings. The van der Waals surface area contributed by atoms with Crippen LogP contribution in [0, 0.1) is 12.7 Å². The zero-order chi connectivity index (χ0) is 14.3. The zero-order valence-electron chi connectivity index (χ0n) is 10.4. The van der Waals surface area contributed by atoms with Crippen molar-refractivity contribution in [2.45, 2.75) is 6.92 Å². The lowest BCUT2D eigenvalue weighted by Gasteiger charge is -2.03. The molecule has 4 nitrogen and oxygen atoms in total. The number of nitrogens with zero attached hydrogens (tertiary/aromatic N) is 2. The number of rotatable bonds is 2. The Bertz CT molecular complexity index is 829. The van der Waals surface area contributed by atoms with Crippen molar-refractivity contribution in [1.29, 1.82) is 0 Å². The molecule has 0 unspecified atom stereocenters. The maximum absolute atomic E-state index is 13.5. The molecule has 0 saturated carbocycles. The van der Waals surface area contributed by atoms with Crippen LogP contribution in [0.15, 0.2) is 24.3 Å². The number of carbonyl (C=O) groups is 1. The standard InChI is InChI=1S/C14H9ClFN3O/c1-7-4-9-12(6-20)18-13(19-14(9)17-7)8-2-3-10(15)11(16)5-8/h2-6H,1H3,(H,17,18,19). The van der Waals surface area contributed by atoms with E-state index in [1.165, 1.54) is 12.1 Å². The SMILES string of the molecule is Cc1cc2c(C=O)nc(-c3ccc(Cl)c(F)c3)nc2[nH]1. The molecule has 0 fully saturated rings. The molecule has 0 aliphatic heterocycles. The molecule has 2 heterocycles. The Morgan fingerprint density at radius 3 is 2.80 bits per heavy atom. The summed E-state index contributed by atoms with van der Waals surface area (Å²) in [6.45, 7) is 1.86. The summed E-state index contributed by atoms with van der Waals surface area (Å²) in [5.41, 5.74) is 2.15. The summed E-state index contributed by atoms with van der Waals surface area (Å²) >= 11 is 5.65. The average Bonchev–Trinajstić information content (AvgIpc) is 2.80. The molecule has 0 bridgehead atoms. The molecule has 0 aliphatic carbocycles. The molecule has 1 N–H and O–H groups in total. The largest absolute Gasteiger partial charge is 0.343 e. The highest BCUT2D eigenvalue weighted by atomic mass is 35.5. The molecular formula is C14H9ClFN3O. The van der Waals surface area contributed by atoms with E-state index in [1.807, 2.05) is 6.92 Å². The van der Waals surface area contributed by atoms with Gasteiger partial charge in [-0.3, -0.25) is 4.79 Å². The number of carbonyl (C=O) groups excluding carboxylic acids is 1. The highest BCUT2D eigenvalue weighted by molar-refractivity contribution is 6.30. The zero-order valence-corrected chi connectivity index (χ0v) is 11.2. The number of halogens is 2. The van der Waals surface area contributed by atoms with Crippen LogP contribution in [0.3, 0.4) is 0 Å². The van der Waals surface area contributed by atoms with Gasteiger partial charge in [-0.25, -0.2) is 14.4 Å². The van der Waals surface area contributed by atoms with Gasteiger partial charge in [0.05, 0.1) is 5.02 Å². The molecule has 0 atom stereocenters. The Labute approximate surface area is 118 Å². The van der Waals surface area contributed by atoms with Crippen molar-refractivity contribution >= 4 is 28.9 Å². The maximum atomic E-state index is 13.5. The molecule has 0 radical (unpaired) electrons. The van der Waals surface area contributed by atoms with Crippen LogP contribution in [0.1, 0.15) is 16.2 Å².